The first-order valence-corrected chi connectivity index (χ1v) is 6.54. The van der Waals surface area contributed by atoms with Gasteiger partial charge >= 0.3 is 5.97 Å². The molecule has 1 aromatic rings. The molecular formula is C14H17NO6. The van der Waals surface area contributed by atoms with E-state index in [1.165, 1.54) is 7.11 Å². The Morgan fingerprint density at radius 2 is 2.05 bits per heavy atom. The van der Waals surface area contributed by atoms with Crippen LogP contribution in [0.2, 0.25) is 0 Å². The van der Waals surface area contributed by atoms with Crippen LogP contribution in [-0.2, 0) is 9.53 Å². The molecule has 0 saturated heterocycles. The molecule has 7 nitrogen and oxygen atoms in total. The minimum atomic E-state index is -1.10. The molecule has 2 rings (SSSR count). The van der Waals surface area contributed by atoms with Gasteiger partial charge in [-0.1, -0.05) is 0 Å². The third kappa shape index (κ3) is 3.85. The van der Waals surface area contributed by atoms with Crippen molar-refractivity contribution < 1.29 is 28.9 Å². The number of benzene rings is 1. The van der Waals surface area contributed by atoms with Gasteiger partial charge < -0.3 is 24.6 Å². The van der Waals surface area contributed by atoms with Gasteiger partial charge in [0.25, 0.3) is 5.91 Å². The van der Waals surface area contributed by atoms with Crippen molar-refractivity contribution in [3.8, 4) is 11.5 Å². The number of methoxy groups -OCH3 is 1. The van der Waals surface area contributed by atoms with Gasteiger partial charge in [0.1, 0.15) is 19.3 Å². The molecule has 1 aliphatic heterocycles. The first-order chi connectivity index (χ1) is 10.1. The maximum Gasteiger partial charge on any atom is 0.326 e. The summed E-state index contributed by atoms with van der Waals surface area (Å²) in [5.74, 6) is -0.516. The number of carboxylic acid groups (broad SMARTS) is 1. The molecule has 7 heteroatoms. The molecule has 0 saturated carbocycles. The molecule has 0 bridgehead atoms. The van der Waals surface area contributed by atoms with Crippen molar-refractivity contribution in [3.05, 3.63) is 23.8 Å². The molecule has 1 unspecified atom stereocenters. The summed E-state index contributed by atoms with van der Waals surface area (Å²) in [7, 11) is 1.47. The Morgan fingerprint density at radius 3 is 2.71 bits per heavy atom. The van der Waals surface area contributed by atoms with Crippen molar-refractivity contribution in [2.45, 2.75) is 12.5 Å². The number of carbonyl (C=O) groups is 2. The second kappa shape index (κ2) is 6.94. The van der Waals surface area contributed by atoms with E-state index in [0.717, 1.165) is 0 Å². The van der Waals surface area contributed by atoms with Crippen molar-refractivity contribution in [2.75, 3.05) is 26.9 Å². The summed E-state index contributed by atoms with van der Waals surface area (Å²) in [6.07, 6.45) is 0.197. The molecule has 2 N–H and O–H groups in total. The number of fused-ring (bicyclic) bond motifs is 1. The van der Waals surface area contributed by atoms with Crippen LogP contribution in [0.1, 0.15) is 16.8 Å². The molecule has 1 atom stereocenters. The number of carboxylic acids is 1. The highest BCUT2D eigenvalue weighted by atomic mass is 16.6. The molecule has 0 aliphatic carbocycles. The van der Waals surface area contributed by atoms with Gasteiger partial charge in [-0.2, -0.15) is 0 Å². The summed E-state index contributed by atoms with van der Waals surface area (Å²) in [5, 5.41) is 11.5. The number of rotatable bonds is 6. The van der Waals surface area contributed by atoms with Crippen LogP contribution in [0.3, 0.4) is 0 Å². The summed E-state index contributed by atoms with van der Waals surface area (Å²) in [6.45, 7) is 1.14. The Hall–Kier alpha value is -2.28. The Labute approximate surface area is 121 Å². The minimum Gasteiger partial charge on any atom is -0.486 e. The smallest absolute Gasteiger partial charge is 0.326 e. The van der Waals surface area contributed by atoms with E-state index in [0.29, 0.717) is 30.3 Å². The predicted molar refractivity (Wildman–Crippen MR) is 72.8 cm³/mol. The van der Waals surface area contributed by atoms with Crippen molar-refractivity contribution in [2.24, 2.45) is 0 Å². The van der Waals surface area contributed by atoms with Gasteiger partial charge in [0.2, 0.25) is 0 Å². The zero-order valence-corrected chi connectivity index (χ0v) is 11.6. The Bertz CT molecular complexity index is 530. The van der Waals surface area contributed by atoms with Crippen LogP contribution in [0.25, 0.3) is 0 Å². The molecule has 114 valence electrons. The SMILES string of the molecule is COCCC(NC(=O)c1ccc2c(c1)OCCO2)C(=O)O. The van der Waals surface area contributed by atoms with E-state index in [4.69, 9.17) is 19.3 Å². The maximum atomic E-state index is 12.1. The number of ether oxygens (including phenoxy) is 3. The number of amides is 1. The molecular weight excluding hydrogens is 278 g/mol. The zero-order chi connectivity index (χ0) is 15.2. The van der Waals surface area contributed by atoms with E-state index < -0.39 is 17.9 Å². The topological polar surface area (TPSA) is 94.1 Å². The fourth-order valence-corrected chi connectivity index (χ4v) is 1.92. The summed E-state index contributed by atoms with van der Waals surface area (Å²) in [5.41, 5.74) is 0.322. The van der Waals surface area contributed by atoms with Crippen LogP contribution >= 0.6 is 0 Å². The molecule has 0 spiro atoms. The van der Waals surface area contributed by atoms with E-state index in [2.05, 4.69) is 5.32 Å². The highest BCUT2D eigenvalue weighted by Gasteiger charge is 2.21. The number of hydrogen-bond acceptors (Lipinski definition) is 5. The second-order valence-corrected chi connectivity index (χ2v) is 4.50. The van der Waals surface area contributed by atoms with E-state index >= 15 is 0 Å². The Kier molecular flexibility index (Phi) is 4.99. The highest BCUT2D eigenvalue weighted by Crippen LogP contribution is 2.30. The van der Waals surface area contributed by atoms with Crippen LogP contribution in [0.15, 0.2) is 18.2 Å². The maximum absolute atomic E-state index is 12.1. The predicted octanol–water partition coefficient (Wildman–Crippen LogP) is 0.677. The third-order valence-electron chi connectivity index (χ3n) is 3.02. The molecule has 0 radical (unpaired) electrons. The molecule has 0 fully saturated rings. The van der Waals surface area contributed by atoms with E-state index in [1.54, 1.807) is 18.2 Å². The average Bonchev–Trinajstić information content (AvgIpc) is 2.50. The van der Waals surface area contributed by atoms with Gasteiger partial charge in [0.15, 0.2) is 11.5 Å². The third-order valence-corrected chi connectivity index (χ3v) is 3.02. The molecule has 1 heterocycles. The highest BCUT2D eigenvalue weighted by molar-refractivity contribution is 5.97. The Morgan fingerprint density at radius 1 is 1.33 bits per heavy atom. The lowest BCUT2D eigenvalue weighted by Gasteiger charge is -2.19. The molecule has 1 aliphatic rings. The molecule has 0 aromatic heterocycles. The molecule has 21 heavy (non-hydrogen) atoms. The van der Waals surface area contributed by atoms with Gasteiger partial charge in [-0.05, 0) is 18.2 Å². The van der Waals surface area contributed by atoms with Crippen LogP contribution in [0.4, 0.5) is 0 Å². The summed E-state index contributed by atoms with van der Waals surface area (Å²) in [4.78, 5) is 23.2. The van der Waals surface area contributed by atoms with Crippen molar-refractivity contribution in [3.63, 3.8) is 0 Å². The van der Waals surface area contributed by atoms with Crippen LogP contribution in [-0.4, -0.2) is 50.0 Å². The zero-order valence-electron chi connectivity index (χ0n) is 11.6. The lowest BCUT2D eigenvalue weighted by Crippen LogP contribution is -2.41. The lowest BCUT2D eigenvalue weighted by molar-refractivity contribution is -0.139. The fraction of sp³-hybridized carbons (Fsp3) is 0.429. The summed E-state index contributed by atoms with van der Waals surface area (Å²) in [6, 6.07) is 3.75. The van der Waals surface area contributed by atoms with E-state index in [1.807, 2.05) is 0 Å². The summed E-state index contributed by atoms with van der Waals surface area (Å²) >= 11 is 0. The first kappa shape index (κ1) is 15.1. The minimum absolute atomic E-state index is 0.197. The normalized spacial score (nSPS) is 14.3. The van der Waals surface area contributed by atoms with Crippen molar-refractivity contribution >= 4 is 11.9 Å². The monoisotopic (exact) mass is 295 g/mol. The largest absolute Gasteiger partial charge is 0.486 e. The van der Waals surface area contributed by atoms with Gasteiger partial charge in [-0.25, -0.2) is 4.79 Å². The van der Waals surface area contributed by atoms with Crippen molar-refractivity contribution in [1.29, 1.82) is 0 Å². The second-order valence-electron chi connectivity index (χ2n) is 4.50. The summed E-state index contributed by atoms with van der Waals surface area (Å²) < 4.78 is 15.6. The number of aliphatic carboxylic acids is 1. The quantitative estimate of drug-likeness (QED) is 0.801. The van der Waals surface area contributed by atoms with E-state index in [-0.39, 0.29) is 13.0 Å². The first-order valence-electron chi connectivity index (χ1n) is 6.54. The van der Waals surface area contributed by atoms with Crippen LogP contribution in [0.5, 0.6) is 11.5 Å². The van der Waals surface area contributed by atoms with E-state index in [9.17, 15) is 9.59 Å². The van der Waals surface area contributed by atoms with Gasteiger partial charge in [-0.3, -0.25) is 4.79 Å². The number of carbonyl (C=O) groups excluding carboxylic acids is 1. The van der Waals surface area contributed by atoms with Crippen LogP contribution in [0, 0.1) is 0 Å². The van der Waals surface area contributed by atoms with Crippen LogP contribution < -0.4 is 14.8 Å². The average molecular weight is 295 g/mol. The fourth-order valence-electron chi connectivity index (χ4n) is 1.92. The van der Waals surface area contributed by atoms with Crippen molar-refractivity contribution in [1.82, 2.24) is 5.32 Å². The Balaban J connectivity index is 2.06. The molecule has 1 amide bonds. The van der Waals surface area contributed by atoms with Gasteiger partial charge in [0, 0.05) is 25.7 Å². The number of nitrogens with one attached hydrogen (secondary N) is 1. The van der Waals surface area contributed by atoms with Gasteiger partial charge in [0.05, 0.1) is 0 Å². The standard InChI is InChI=1S/C14H17NO6/c1-19-5-4-10(14(17)18)15-13(16)9-2-3-11-12(8-9)21-7-6-20-11/h2-3,8,10H,4-7H2,1H3,(H,15,16)(H,17,18). The number of hydrogen-bond donors (Lipinski definition) is 2. The lowest BCUT2D eigenvalue weighted by atomic mass is 10.1. The van der Waals surface area contributed by atoms with Gasteiger partial charge in [-0.15, -0.1) is 0 Å². The molecule has 1 aromatic carbocycles.